The molecule has 0 aliphatic rings. The third-order valence-electron chi connectivity index (χ3n) is 7.34. The standard InChI is InChI=1S/C35H42N4O4/c1-24(2)20-31(33(40)36-19-18-26-12-6-4-7-13-26)39-34(41)32(21-28-22-37-30-17-11-10-16-29(28)30)38-25(3)35(42)43-23-27-14-8-5-9-15-27/h4-17,22,24-25,31-32,37-38H,18-21,23H2,1-3H3,(H,36,40)(H,39,41)/t25-,31+,32+/m1/s1. The molecule has 0 saturated heterocycles. The van der Waals surface area contributed by atoms with Crippen LogP contribution in [0.5, 0.6) is 0 Å². The predicted octanol–water partition coefficient (Wildman–Crippen LogP) is 4.69. The topological polar surface area (TPSA) is 112 Å². The Morgan fingerprint density at radius 3 is 2.14 bits per heavy atom. The van der Waals surface area contributed by atoms with E-state index >= 15 is 0 Å². The molecule has 4 aromatic rings. The number of fused-ring (bicyclic) bond motifs is 1. The summed E-state index contributed by atoms with van der Waals surface area (Å²) in [6.45, 7) is 6.33. The van der Waals surface area contributed by atoms with E-state index in [9.17, 15) is 14.4 Å². The molecule has 4 rings (SSSR count). The first-order valence-electron chi connectivity index (χ1n) is 14.9. The number of H-pyrrole nitrogens is 1. The summed E-state index contributed by atoms with van der Waals surface area (Å²) >= 11 is 0. The zero-order valence-corrected chi connectivity index (χ0v) is 25.1. The molecule has 2 amide bonds. The second-order valence-corrected chi connectivity index (χ2v) is 11.3. The lowest BCUT2D eigenvalue weighted by Gasteiger charge is -2.26. The molecule has 226 valence electrons. The third kappa shape index (κ3) is 9.54. The molecule has 43 heavy (non-hydrogen) atoms. The van der Waals surface area contributed by atoms with Gasteiger partial charge in [-0.15, -0.1) is 0 Å². The number of esters is 1. The Morgan fingerprint density at radius 1 is 0.791 bits per heavy atom. The van der Waals surface area contributed by atoms with E-state index in [1.165, 1.54) is 0 Å². The van der Waals surface area contributed by atoms with E-state index in [-0.39, 0.29) is 24.3 Å². The Morgan fingerprint density at radius 2 is 1.44 bits per heavy atom. The summed E-state index contributed by atoms with van der Waals surface area (Å²) in [6, 6.07) is 25.0. The lowest BCUT2D eigenvalue weighted by Crippen LogP contribution is -2.56. The number of ether oxygens (including phenoxy) is 1. The highest BCUT2D eigenvalue weighted by Crippen LogP contribution is 2.20. The van der Waals surface area contributed by atoms with E-state index in [1.54, 1.807) is 6.92 Å². The Kier molecular flexibility index (Phi) is 11.5. The number of carbonyl (C=O) groups is 3. The largest absolute Gasteiger partial charge is 0.460 e. The third-order valence-corrected chi connectivity index (χ3v) is 7.34. The average Bonchev–Trinajstić information content (AvgIpc) is 3.42. The first-order valence-corrected chi connectivity index (χ1v) is 14.9. The Bertz CT molecular complexity index is 1470. The number of hydrogen-bond acceptors (Lipinski definition) is 5. The highest BCUT2D eigenvalue weighted by molar-refractivity contribution is 5.91. The lowest BCUT2D eigenvalue weighted by molar-refractivity contribution is -0.147. The minimum absolute atomic E-state index is 0.143. The van der Waals surface area contributed by atoms with Crippen molar-refractivity contribution in [1.82, 2.24) is 20.9 Å². The molecular weight excluding hydrogens is 540 g/mol. The summed E-state index contributed by atoms with van der Waals surface area (Å²) in [5.41, 5.74) is 3.90. The molecule has 0 fully saturated rings. The van der Waals surface area contributed by atoms with Crippen molar-refractivity contribution in [3.8, 4) is 0 Å². The van der Waals surface area contributed by atoms with Crippen LogP contribution < -0.4 is 16.0 Å². The van der Waals surface area contributed by atoms with Crippen molar-refractivity contribution in [3.05, 3.63) is 108 Å². The zero-order valence-electron chi connectivity index (χ0n) is 25.1. The average molecular weight is 583 g/mol. The van der Waals surface area contributed by atoms with E-state index in [0.717, 1.165) is 27.6 Å². The molecule has 8 nitrogen and oxygen atoms in total. The number of hydrogen-bond donors (Lipinski definition) is 4. The van der Waals surface area contributed by atoms with Gasteiger partial charge in [-0.2, -0.15) is 0 Å². The fourth-order valence-electron chi connectivity index (χ4n) is 5.04. The molecule has 0 spiro atoms. The maximum absolute atomic E-state index is 13.8. The summed E-state index contributed by atoms with van der Waals surface area (Å²) in [6.07, 6.45) is 3.38. The number of amides is 2. The van der Waals surface area contributed by atoms with Crippen LogP contribution in [0.2, 0.25) is 0 Å². The van der Waals surface area contributed by atoms with Crippen molar-refractivity contribution < 1.29 is 19.1 Å². The predicted molar refractivity (Wildman–Crippen MR) is 169 cm³/mol. The molecule has 0 saturated carbocycles. The molecule has 4 N–H and O–H groups in total. The highest BCUT2D eigenvalue weighted by Gasteiger charge is 2.29. The molecule has 1 aromatic heterocycles. The summed E-state index contributed by atoms with van der Waals surface area (Å²) in [5, 5.41) is 10.2. The molecule has 8 heteroatoms. The van der Waals surface area contributed by atoms with Gasteiger partial charge in [0.05, 0.1) is 6.04 Å². The molecular formula is C35H42N4O4. The number of nitrogens with one attached hydrogen (secondary N) is 4. The van der Waals surface area contributed by atoms with Gasteiger partial charge in [-0.1, -0.05) is 92.7 Å². The fraction of sp³-hybridized carbons (Fsp3) is 0.343. The fourth-order valence-corrected chi connectivity index (χ4v) is 5.04. The molecule has 3 atom stereocenters. The van der Waals surface area contributed by atoms with E-state index in [0.29, 0.717) is 25.8 Å². The van der Waals surface area contributed by atoms with Gasteiger partial charge < -0.3 is 20.4 Å². The van der Waals surface area contributed by atoms with Gasteiger partial charge in [0.1, 0.15) is 18.7 Å². The van der Waals surface area contributed by atoms with Crippen molar-refractivity contribution in [2.24, 2.45) is 5.92 Å². The number of aromatic nitrogens is 1. The maximum Gasteiger partial charge on any atom is 0.323 e. The van der Waals surface area contributed by atoms with Crippen LogP contribution >= 0.6 is 0 Å². The number of carbonyl (C=O) groups excluding carboxylic acids is 3. The minimum Gasteiger partial charge on any atom is -0.460 e. The van der Waals surface area contributed by atoms with E-state index < -0.39 is 24.1 Å². The first-order chi connectivity index (χ1) is 20.8. The SMILES string of the molecule is CC(C)C[C@H](NC(=O)[C@H](Cc1c[nH]c2ccccc12)N[C@H](C)C(=O)OCc1ccccc1)C(=O)NCCc1ccccc1. The lowest BCUT2D eigenvalue weighted by atomic mass is 10.00. The zero-order chi connectivity index (χ0) is 30.6. The van der Waals surface area contributed by atoms with Gasteiger partial charge in [0.2, 0.25) is 11.8 Å². The van der Waals surface area contributed by atoms with E-state index in [4.69, 9.17) is 4.74 Å². The van der Waals surface area contributed by atoms with Crippen LogP contribution in [-0.4, -0.2) is 47.4 Å². The van der Waals surface area contributed by atoms with Crippen LogP contribution in [0.3, 0.4) is 0 Å². The van der Waals surface area contributed by atoms with Gasteiger partial charge in [0, 0.05) is 23.6 Å². The molecule has 0 radical (unpaired) electrons. The van der Waals surface area contributed by atoms with Crippen LogP contribution in [0.1, 0.15) is 43.9 Å². The van der Waals surface area contributed by atoms with Crippen LogP contribution in [0, 0.1) is 5.92 Å². The van der Waals surface area contributed by atoms with Gasteiger partial charge in [0.15, 0.2) is 0 Å². The van der Waals surface area contributed by atoms with Gasteiger partial charge in [-0.05, 0) is 54.9 Å². The van der Waals surface area contributed by atoms with Crippen LogP contribution in [0.15, 0.2) is 91.1 Å². The second-order valence-electron chi connectivity index (χ2n) is 11.3. The quantitative estimate of drug-likeness (QED) is 0.152. The highest BCUT2D eigenvalue weighted by atomic mass is 16.5. The van der Waals surface area contributed by atoms with Crippen LogP contribution in [0.25, 0.3) is 10.9 Å². The van der Waals surface area contributed by atoms with Gasteiger partial charge >= 0.3 is 5.97 Å². The molecule has 0 aliphatic heterocycles. The minimum atomic E-state index is -0.787. The Labute approximate surface area is 253 Å². The number of rotatable bonds is 15. The first kappa shape index (κ1) is 31.5. The molecule has 0 aliphatic carbocycles. The number of aromatic amines is 1. The molecule has 1 heterocycles. The summed E-state index contributed by atoms with van der Waals surface area (Å²) in [7, 11) is 0. The van der Waals surface area contributed by atoms with Gasteiger partial charge in [0.25, 0.3) is 0 Å². The summed E-state index contributed by atoms with van der Waals surface area (Å²) < 4.78 is 5.53. The van der Waals surface area contributed by atoms with Crippen LogP contribution in [-0.2, 0) is 38.6 Å². The van der Waals surface area contributed by atoms with Crippen molar-refractivity contribution in [2.45, 2.75) is 64.8 Å². The Hall–Kier alpha value is -4.43. The molecule has 0 unspecified atom stereocenters. The summed E-state index contributed by atoms with van der Waals surface area (Å²) in [5.74, 6) is -0.856. The maximum atomic E-state index is 13.8. The van der Waals surface area contributed by atoms with Gasteiger partial charge in [-0.3, -0.25) is 19.7 Å². The second kappa shape index (κ2) is 15.7. The van der Waals surface area contributed by atoms with Crippen molar-refractivity contribution in [1.29, 1.82) is 0 Å². The van der Waals surface area contributed by atoms with Crippen LogP contribution in [0.4, 0.5) is 0 Å². The normalized spacial score (nSPS) is 13.3. The molecule has 0 bridgehead atoms. The Balaban J connectivity index is 1.45. The van der Waals surface area contributed by atoms with Crippen molar-refractivity contribution >= 4 is 28.7 Å². The molecule has 3 aromatic carbocycles. The van der Waals surface area contributed by atoms with E-state index in [2.05, 4.69) is 20.9 Å². The number of benzene rings is 3. The number of para-hydroxylation sites is 1. The van der Waals surface area contributed by atoms with Crippen molar-refractivity contribution in [2.75, 3.05) is 6.54 Å². The smallest absolute Gasteiger partial charge is 0.323 e. The van der Waals surface area contributed by atoms with Crippen molar-refractivity contribution in [3.63, 3.8) is 0 Å². The van der Waals surface area contributed by atoms with E-state index in [1.807, 2.05) is 105 Å². The van der Waals surface area contributed by atoms with Gasteiger partial charge in [-0.25, -0.2) is 0 Å². The summed E-state index contributed by atoms with van der Waals surface area (Å²) in [4.78, 5) is 43.2. The monoisotopic (exact) mass is 582 g/mol.